The van der Waals surface area contributed by atoms with Crippen molar-refractivity contribution in [1.82, 2.24) is 0 Å². The van der Waals surface area contributed by atoms with E-state index in [1.807, 2.05) is 0 Å². The van der Waals surface area contributed by atoms with Gasteiger partial charge in [-0.15, -0.1) is 12.6 Å². The number of ether oxygens (including phenoxy) is 1. The number of thiol groups is 1. The Morgan fingerprint density at radius 3 is 2.58 bits per heavy atom. The summed E-state index contributed by atoms with van der Waals surface area (Å²) < 4.78 is 27.7. The van der Waals surface area contributed by atoms with Gasteiger partial charge in [0.2, 0.25) is 0 Å². The molecule has 0 saturated carbocycles. The Kier molecular flexibility index (Phi) is 3.17. The highest BCUT2D eigenvalue weighted by atomic mass is 35.5. The van der Waals surface area contributed by atoms with Gasteiger partial charge in [-0.05, 0) is 12.1 Å². The van der Waals surface area contributed by atoms with Gasteiger partial charge in [-0.2, -0.15) is 8.78 Å². The summed E-state index contributed by atoms with van der Waals surface area (Å²) in [6.07, 6.45) is 0. The van der Waals surface area contributed by atoms with Gasteiger partial charge < -0.3 is 4.74 Å². The summed E-state index contributed by atoms with van der Waals surface area (Å²) >= 11 is 9.47. The maximum atomic E-state index is 11.8. The van der Waals surface area contributed by atoms with E-state index in [-0.39, 0.29) is 10.8 Å². The highest BCUT2D eigenvalue weighted by Gasteiger charge is 2.10. The minimum atomic E-state index is -2.88. The predicted molar refractivity (Wildman–Crippen MR) is 45.3 cm³/mol. The van der Waals surface area contributed by atoms with E-state index in [1.165, 1.54) is 12.1 Å². The van der Waals surface area contributed by atoms with Crippen molar-refractivity contribution in [3.05, 3.63) is 23.2 Å². The van der Waals surface area contributed by atoms with Crippen LogP contribution in [0.3, 0.4) is 0 Å². The molecule has 0 aliphatic rings. The quantitative estimate of drug-likeness (QED) is 0.738. The van der Waals surface area contributed by atoms with Crippen molar-refractivity contribution in [3.63, 3.8) is 0 Å². The first-order valence-electron chi connectivity index (χ1n) is 3.03. The molecule has 0 aliphatic heterocycles. The monoisotopic (exact) mass is 210 g/mol. The maximum Gasteiger partial charge on any atom is 0.387 e. The molecular formula is C7H5ClF2OS. The Morgan fingerprint density at radius 2 is 2.08 bits per heavy atom. The van der Waals surface area contributed by atoms with Crippen molar-refractivity contribution in [2.45, 2.75) is 11.5 Å². The van der Waals surface area contributed by atoms with Crippen molar-refractivity contribution in [2.24, 2.45) is 0 Å². The Hall–Kier alpha value is -0.480. The zero-order valence-electron chi connectivity index (χ0n) is 5.80. The molecule has 0 N–H and O–H groups in total. The van der Waals surface area contributed by atoms with E-state index in [0.717, 1.165) is 0 Å². The van der Waals surface area contributed by atoms with Crippen molar-refractivity contribution in [2.75, 3.05) is 0 Å². The van der Waals surface area contributed by atoms with Crippen molar-refractivity contribution < 1.29 is 13.5 Å². The zero-order valence-corrected chi connectivity index (χ0v) is 7.45. The fraction of sp³-hybridized carbons (Fsp3) is 0.143. The smallest absolute Gasteiger partial charge is 0.387 e. The molecule has 1 aromatic carbocycles. The molecule has 0 unspecified atom stereocenters. The van der Waals surface area contributed by atoms with E-state index in [2.05, 4.69) is 17.4 Å². The molecule has 0 atom stereocenters. The summed E-state index contributed by atoms with van der Waals surface area (Å²) in [5.41, 5.74) is 0. The van der Waals surface area contributed by atoms with Crippen LogP contribution < -0.4 is 4.74 Å². The molecule has 0 spiro atoms. The van der Waals surface area contributed by atoms with E-state index in [1.54, 1.807) is 6.07 Å². The molecule has 0 saturated heterocycles. The van der Waals surface area contributed by atoms with Crippen LogP contribution >= 0.6 is 24.2 Å². The molecular weight excluding hydrogens is 206 g/mol. The lowest BCUT2D eigenvalue weighted by Crippen LogP contribution is -2.02. The van der Waals surface area contributed by atoms with Gasteiger partial charge in [-0.25, -0.2) is 0 Å². The number of hydrogen-bond acceptors (Lipinski definition) is 2. The summed E-state index contributed by atoms with van der Waals surface area (Å²) in [6, 6.07) is 4.58. The number of hydrogen-bond donors (Lipinski definition) is 1. The number of para-hydroxylation sites is 1. The minimum absolute atomic E-state index is 0.0856. The third-order valence-electron chi connectivity index (χ3n) is 1.15. The van der Waals surface area contributed by atoms with E-state index in [9.17, 15) is 8.78 Å². The van der Waals surface area contributed by atoms with Crippen LogP contribution in [0.25, 0.3) is 0 Å². The molecule has 1 aromatic rings. The summed E-state index contributed by atoms with van der Waals surface area (Å²) in [4.78, 5) is 0.294. The Morgan fingerprint density at radius 1 is 1.42 bits per heavy atom. The molecule has 66 valence electrons. The molecule has 12 heavy (non-hydrogen) atoms. The molecule has 0 radical (unpaired) electrons. The van der Waals surface area contributed by atoms with Crippen LogP contribution in [0, 0.1) is 0 Å². The van der Waals surface area contributed by atoms with Crippen LogP contribution in [0.5, 0.6) is 5.75 Å². The van der Waals surface area contributed by atoms with Gasteiger partial charge in [0.05, 0.1) is 5.02 Å². The average molecular weight is 211 g/mol. The van der Waals surface area contributed by atoms with E-state index < -0.39 is 6.61 Å². The van der Waals surface area contributed by atoms with Crippen molar-refractivity contribution in [1.29, 1.82) is 0 Å². The van der Waals surface area contributed by atoms with Crippen LogP contribution in [0.4, 0.5) is 8.78 Å². The molecule has 0 aromatic heterocycles. The van der Waals surface area contributed by atoms with Gasteiger partial charge in [0.15, 0.2) is 5.75 Å². The van der Waals surface area contributed by atoms with Gasteiger partial charge in [0, 0.05) is 4.90 Å². The second-order valence-electron chi connectivity index (χ2n) is 1.97. The predicted octanol–water partition coefficient (Wildman–Crippen LogP) is 3.23. The standard InChI is InChI=1S/C7H5ClF2OS/c8-4-2-1-3-5(12)6(4)11-7(9)10/h1-3,7,12H. The van der Waals surface area contributed by atoms with Gasteiger partial charge in [0.1, 0.15) is 0 Å². The highest BCUT2D eigenvalue weighted by molar-refractivity contribution is 7.80. The Balaban J connectivity index is 2.96. The molecule has 1 nitrogen and oxygen atoms in total. The molecule has 0 aliphatic carbocycles. The average Bonchev–Trinajstić information content (AvgIpc) is 1.97. The third-order valence-corrected chi connectivity index (χ3v) is 1.80. The van der Waals surface area contributed by atoms with Crippen molar-refractivity contribution in [3.8, 4) is 5.75 Å². The largest absolute Gasteiger partial charge is 0.432 e. The normalized spacial score (nSPS) is 10.4. The second-order valence-corrected chi connectivity index (χ2v) is 2.86. The lowest BCUT2D eigenvalue weighted by Gasteiger charge is -2.07. The van der Waals surface area contributed by atoms with Gasteiger partial charge in [-0.3, -0.25) is 0 Å². The Labute approximate surface area is 78.7 Å². The molecule has 1 rings (SSSR count). The number of rotatable bonds is 2. The highest BCUT2D eigenvalue weighted by Crippen LogP contribution is 2.32. The lowest BCUT2D eigenvalue weighted by atomic mass is 10.3. The number of halogens is 3. The van der Waals surface area contributed by atoms with Crippen LogP contribution in [0.15, 0.2) is 23.1 Å². The van der Waals surface area contributed by atoms with Gasteiger partial charge in [-0.1, -0.05) is 17.7 Å². The number of benzene rings is 1. The first kappa shape index (κ1) is 9.61. The van der Waals surface area contributed by atoms with Crippen LogP contribution in [-0.2, 0) is 0 Å². The van der Waals surface area contributed by atoms with Crippen molar-refractivity contribution >= 4 is 24.2 Å². The summed E-state index contributed by atoms with van der Waals surface area (Å²) in [5.74, 6) is -0.0856. The van der Waals surface area contributed by atoms with Gasteiger partial charge in [0.25, 0.3) is 0 Å². The number of alkyl halides is 2. The molecule has 0 bridgehead atoms. The van der Waals surface area contributed by atoms with Crippen LogP contribution in [-0.4, -0.2) is 6.61 Å². The third kappa shape index (κ3) is 2.25. The molecule has 5 heteroatoms. The minimum Gasteiger partial charge on any atom is -0.432 e. The summed E-state index contributed by atoms with van der Waals surface area (Å²) in [5, 5.41) is 0.128. The molecule has 0 heterocycles. The SMILES string of the molecule is FC(F)Oc1c(S)cccc1Cl. The van der Waals surface area contributed by atoms with Crippen LogP contribution in [0.1, 0.15) is 0 Å². The lowest BCUT2D eigenvalue weighted by molar-refractivity contribution is -0.0515. The molecule has 0 fully saturated rings. The maximum absolute atomic E-state index is 11.8. The van der Waals surface area contributed by atoms with E-state index in [0.29, 0.717) is 4.90 Å². The molecule has 0 amide bonds. The fourth-order valence-corrected chi connectivity index (χ4v) is 1.25. The van der Waals surface area contributed by atoms with E-state index >= 15 is 0 Å². The van der Waals surface area contributed by atoms with Crippen LogP contribution in [0.2, 0.25) is 5.02 Å². The van der Waals surface area contributed by atoms with E-state index in [4.69, 9.17) is 11.6 Å². The van der Waals surface area contributed by atoms with Gasteiger partial charge >= 0.3 is 6.61 Å². The topological polar surface area (TPSA) is 9.23 Å². The first-order valence-corrected chi connectivity index (χ1v) is 3.86. The first-order chi connectivity index (χ1) is 5.61. The summed E-state index contributed by atoms with van der Waals surface area (Å²) in [6.45, 7) is -2.88. The fourth-order valence-electron chi connectivity index (χ4n) is 0.703. The second kappa shape index (κ2) is 3.96. The Bertz CT molecular complexity index is 260. The summed E-state index contributed by atoms with van der Waals surface area (Å²) in [7, 11) is 0. The zero-order chi connectivity index (χ0) is 9.14.